The Morgan fingerprint density at radius 2 is 2.03 bits per heavy atom. The molecule has 0 bridgehead atoms. The van der Waals surface area contributed by atoms with Crippen molar-refractivity contribution >= 4 is 44.3 Å². The fourth-order valence-corrected chi connectivity index (χ4v) is 5.71. The number of β-amino-alcohol motifs (C(OH)–C–C–N with tert-alkyl or cyclic N) is 1. The van der Waals surface area contributed by atoms with Gasteiger partial charge in [-0.05, 0) is 68.3 Å². The molecule has 2 heterocycles. The summed E-state index contributed by atoms with van der Waals surface area (Å²) < 4.78 is 24.4. The molecule has 0 radical (unpaired) electrons. The zero-order valence-corrected chi connectivity index (χ0v) is 23.1. The molecule has 6 nitrogen and oxygen atoms in total. The molecule has 1 aromatic heterocycles. The predicted octanol–water partition coefficient (Wildman–Crippen LogP) is 5.64. The van der Waals surface area contributed by atoms with Gasteiger partial charge in [0.2, 0.25) is 0 Å². The summed E-state index contributed by atoms with van der Waals surface area (Å²) in [6.45, 7) is 3.77. The number of nitrogens with zero attached hydrogens (tertiary/aromatic N) is 3. The summed E-state index contributed by atoms with van der Waals surface area (Å²) in [5, 5.41) is 10.2. The number of aliphatic hydroxyl groups is 1. The lowest BCUT2D eigenvalue weighted by atomic mass is 9.95. The van der Waals surface area contributed by atoms with E-state index in [1.165, 1.54) is 0 Å². The number of Topliss-reactive ketones (excluding diaryl/α,β-unsaturated/α-hetero) is 1. The van der Waals surface area contributed by atoms with Crippen molar-refractivity contribution in [2.45, 2.75) is 51.2 Å². The molecular formula is C28H32BrClFN3O3. The van der Waals surface area contributed by atoms with Crippen molar-refractivity contribution in [2.75, 3.05) is 32.8 Å². The highest BCUT2D eigenvalue weighted by molar-refractivity contribution is 9.10. The minimum atomic E-state index is -0.480. The van der Waals surface area contributed by atoms with Crippen molar-refractivity contribution in [3.8, 4) is 0 Å². The van der Waals surface area contributed by atoms with Gasteiger partial charge in [-0.15, -0.1) is 0 Å². The molecule has 0 spiro atoms. The molecule has 1 saturated heterocycles. The lowest BCUT2D eigenvalue weighted by molar-refractivity contribution is 0.0738. The maximum absolute atomic E-state index is 15.9. The smallest absolute Gasteiger partial charge is 0.188 e. The van der Waals surface area contributed by atoms with Crippen LogP contribution in [-0.2, 0) is 17.7 Å². The highest BCUT2D eigenvalue weighted by Crippen LogP contribution is 2.31. The van der Waals surface area contributed by atoms with Crippen LogP contribution in [0.5, 0.6) is 0 Å². The fourth-order valence-electron chi connectivity index (χ4n) is 4.97. The number of benzene rings is 2. The first-order valence-electron chi connectivity index (χ1n) is 13.0. The van der Waals surface area contributed by atoms with Crippen molar-refractivity contribution in [3.05, 3.63) is 62.6 Å². The molecule has 2 aliphatic rings. The van der Waals surface area contributed by atoms with Crippen LogP contribution in [-0.4, -0.2) is 64.3 Å². The molecule has 1 N–H and O–H groups in total. The first kappa shape index (κ1) is 26.8. The highest BCUT2D eigenvalue weighted by atomic mass is 79.9. The zero-order chi connectivity index (χ0) is 25.9. The minimum Gasteiger partial charge on any atom is -0.392 e. The van der Waals surface area contributed by atoms with Gasteiger partial charge in [-0.3, -0.25) is 4.79 Å². The van der Waals surface area contributed by atoms with Gasteiger partial charge in [-0.25, -0.2) is 9.37 Å². The second kappa shape index (κ2) is 11.9. The Balaban J connectivity index is 1.38. The maximum Gasteiger partial charge on any atom is 0.188 e. The van der Waals surface area contributed by atoms with E-state index in [-0.39, 0.29) is 30.4 Å². The van der Waals surface area contributed by atoms with Crippen LogP contribution < -0.4 is 0 Å². The summed E-state index contributed by atoms with van der Waals surface area (Å²) in [6.07, 6.45) is 6.60. The van der Waals surface area contributed by atoms with E-state index < -0.39 is 5.82 Å². The van der Waals surface area contributed by atoms with Gasteiger partial charge in [0.25, 0.3) is 0 Å². The minimum absolute atomic E-state index is 0.0711. The van der Waals surface area contributed by atoms with E-state index in [0.29, 0.717) is 40.7 Å². The first-order valence-corrected chi connectivity index (χ1v) is 14.2. The Labute approximate surface area is 229 Å². The number of unbranched alkanes of at least 4 members (excludes halogenated alkanes) is 1. The van der Waals surface area contributed by atoms with Gasteiger partial charge in [-0.1, -0.05) is 33.6 Å². The Morgan fingerprint density at radius 3 is 2.76 bits per heavy atom. The van der Waals surface area contributed by atoms with Gasteiger partial charge in [0.05, 0.1) is 24.6 Å². The largest absolute Gasteiger partial charge is 0.392 e. The van der Waals surface area contributed by atoms with Crippen LogP contribution in [0.4, 0.5) is 4.39 Å². The van der Waals surface area contributed by atoms with E-state index in [0.717, 1.165) is 61.8 Å². The van der Waals surface area contributed by atoms with E-state index in [9.17, 15) is 9.90 Å². The van der Waals surface area contributed by atoms with E-state index in [2.05, 4.69) is 25.8 Å². The van der Waals surface area contributed by atoms with Gasteiger partial charge in [0, 0.05) is 46.7 Å². The summed E-state index contributed by atoms with van der Waals surface area (Å²) in [5.74, 6) is -0.171. The Bertz CT molecular complexity index is 1280. The van der Waals surface area contributed by atoms with Gasteiger partial charge in [-0.2, -0.15) is 0 Å². The molecule has 2 fully saturated rings. The number of likely N-dealkylation sites (tertiary alicyclic amines) is 1. The molecule has 1 aliphatic heterocycles. The normalized spacial score (nSPS) is 18.2. The monoisotopic (exact) mass is 591 g/mol. The number of fused-ring (bicyclic) bond motifs is 1. The molecule has 1 unspecified atom stereocenters. The van der Waals surface area contributed by atoms with E-state index in [1.54, 1.807) is 18.5 Å². The van der Waals surface area contributed by atoms with Gasteiger partial charge < -0.3 is 19.3 Å². The van der Waals surface area contributed by atoms with Crippen LogP contribution in [0.2, 0.25) is 5.02 Å². The van der Waals surface area contributed by atoms with Crippen molar-refractivity contribution in [1.82, 2.24) is 14.5 Å². The van der Waals surface area contributed by atoms with Crippen LogP contribution >= 0.6 is 27.5 Å². The molecule has 5 rings (SSSR count). The summed E-state index contributed by atoms with van der Waals surface area (Å²) in [5.41, 5.74) is 2.25. The van der Waals surface area contributed by atoms with Crippen LogP contribution in [0.3, 0.4) is 0 Å². The van der Waals surface area contributed by atoms with Crippen LogP contribution in [0.1, 0.15) is 53.6 Å². The van der Waals surface area contributed by atoms with E-state index in [4.69, 9.17) is 16.3 Å². The van der Waals surface area contributed by atoms with Crippen LogP contribution in [0.25, 0.3) is 11.0 Å². The third kappa shape index (κ3) is 6.60. The first-order chi connectivity index (χ1) is 17.9. The number of hydrogen-bond donors (Lipinski definition) is 1. The molecule has 198 valence electrons. The number of imidazole rings is 1. The SMILES string of the molecule is O=C(COCC1CC1)c1cc2c(ncn2CCCCN2CCC(O)C2)c(F)c1Cc1ccc(Br)cc1Cl. The predicted molar refractivity (Wildman–Crippen MR) is 146 cm³/mol. The molecule has 9 heteroatoms. The van der Waals surface area contributed by atoms with Crippen molar-refractivity contribution < 1.29 is 19.0 Å². The van der Waals surface area contributed by atoms with E-state index in [1.807, 2.05) is 16.7 Å². The third-order valence-corrected chi connectivity index (χ3v) is 8.14. The number of aromatic nitrogens is 2. The molecular weight excluding hydrogens is 561 g/mol. The van der Waals surface area contributed by atoms with Crippen LogP contribution in [0, 0.1) is 11.7 Å². The maximum atomic E-state index is 15.9. The van der Waals surface area contributed by atoms with Gasteiger partial charge in [0.15, 0.2) is 11.6 Å². The zero-order valence-electron chi connectivity index (χ0n) is 20.8. The third-order valence-electron chi connectivity index (χ3n) is 7.29. The number of hydrogen-bond acceptors (Lipinski definition) is 5. The summed E-state index contributed by atoms with van der Waals surface area (Å²) in [4.78, 5) is 19.9. The van der Waals surface area contributed by atoms with Crippen molar-refractivity contribution in [1.29, 1.82) is 0 Å². The Kier molecular flexibility index (Phi) is 8.61. The summed E-state index contributed by atoms with van der Waals surface area (Å²) in [6, 6.07) is 7.24. The molecule has 1 atom stereocenters. The summed E-state index contributed by atoms with van der Waals surface area (Å²) >= 11 is 9.84. The lowest BCUT2D eigenvalue weighted by Crippen LogP contribution is -2.23. The second-order valence-electron chi connectivity index (χ2n) is 10.3. The molecule has 1 aliphatic carbocycles. The molecule has 1 saturated carbocycles. The second-order valence-corrected chi connectivity index (χ2v) is 11.6. The number of ketones is 1. The molecule has 0 amide bonds. The van der Waals surface area contributed by atoms with Gasteiger partial charge in [0.1, 0.15) is 12.1 Å². The number of carbonyl (C=O) groups is 1. The number of aryl methyl sites for hydroxylation is 1. The Hall–Kier alpha value is -1.84. The number of ether oxygens (including phenoxy) is 1. The highest BCUT2D eigenvalue weighted by Gasteiger charge is 2.25. The summed E-state index contributed by atoms with van der Waals surface area (Å²) in [7, 11) is 0. The van der Waals surface area contributed by atoms with Gasteiger partial charge >= 0.3 is 0 Å². The quantitative estimate of drug-likeness (QED) is 0.218. The van der Waals surface area contributed by atoms with E-state index >= 15 is 4.39 Å². The number of aliphatic hydroxyl groups excluding tert-OH is 1. The average molecular weight is 593 g/mol. The number of halogens is 3. The van der Waals surface area contributed by atoms with Crippen molar-refractivity contribution in [2.24, 2.45) is 5.92 Å². The molecule has 3 aromatic rings. The Morgan fingerprint density at radius 1 is 1.22 bits per heavy atom. The fraction of sp³-hybridized carbons (Fsp3) is 0.500. The topological polar surface area (TPSA) is 67.6 Å². The van der Waals surface area contributed by atoms with Crippen molar-refractivity contribution in [3.63, 3.8) is 0 Å². The number of rotatable bonds is 12. The standard InChI is InChI=1S/C28H32BrClFN3O3/c29-20-6-5-19(24(30)12-20)11-23-22(26(36)16-37-15-18-3-4-18)13-25-28(27(23)31)32-17-34(25)9-2-1-8-33-10-7-21(35)14-33/h5-6,12-13,17-18,21,35H,1-4,7-11,14-16H2. The molecule has 2 aromatic carbocycles. The lowest BCUT2D eigenvalue weighted by Gasteiger charge is -2.15. The van der Waals surface area contributed by atoms with Crippen LogP contribution in [0.15, 0.2) is 35.1 Å². The average Bonchev–Trinajstić information content (AvgIpc) is 3.46. The molecule has 37 heavy (non-hydrogen) atoms. The number of carbonyl (C=O) groups excluding carboxylic acids is 1.